The number of hydrogen-bond acceptors (Lipinski definition) is 1. The zero-order valence-corrected chi connectivity index (χ0v) is 9.09. The van der Waals surface area contributed by atoms with E-state index in [2.05, 4.69) is 26.8 Å². The summed E-state index contributed by atoms with van der Waals surface area (Å²) in [6.45, 7) is 6.48. The van der Waals surface area contributed by atoms with Crippen LogP contribution < -0.4 is 0 Å². The van der Waals surface area contributed by atoms with Crippen LogP contribution in [0.5, 0.6) is 0 Å². The molecule has 1 saturated carbocycles. The van der Waals surface area contributed by atoms with E-state index in [1.165, 1.54) is 18.4 Å². The molecule has 0 aromatic carbocycles. The zero-order valence-electron chi connectivity index (χ0n) is 9.09. The van der Waals surface area contributed by atoms with E-state index in [0.29, 0.717) is 5.92 Å². The van der Waals surface area contributed by atoms with Crippen molar-refractivity contribution in [2.45, 2.75) is 52.6 Å². The van der Waals surface area contributed by atoms with Crippen molar-refractivity contribution < 1.29 is 5.11 Å². The van der Waals surface area contributed by atoms with Gasteiger partial charge in [-0.05, 0) is 44.9 Å². The van der Waals surface area contributed by atoms with E-state index >= 15 is 0 Å². The maximum absolute atomic E-state index is 9.82. The summed E-state index contributed by atoms with van der Waals surface area (Å²) >= 11 is 0. The van der Waals surface area contributed by atoms with Gasteiger partial charge in [0, 0.05) is 0 Å². The Morgan fingerprint density at radius 3 is 2.62 bits per heavy atom. The van der Waals surface area contributed by atoms with Crippen LogP contribution in [0.1, 0.15) is 46.5 Å². The van der Waals surface area contributed by atoms with E-state index in [9.17, 15) is 5.11 Å². The Morgan fingerprint density at radius 2 is 2.08 bits per heavy atom. The van der Waals surface area contributed by atoms with E-state index in [0.717, 1.165) is 18.8 Å². The molecule has 0 amide bonds. The summed E-state index contributed by atoms with van der Waals surface area (Å²) in [7, 11) is 0. The average molecular weight is 182 g/mol. The lowest BCUT2D eigenvalue weighted by Crippen LogP contribution is -2.27. The highest BCUT2D eigenvalue weighted by Gasteiger charge is 2.25. The fourth-order valence-corrected chi connectivity index (χ4v) is 2.08. The quantitative estimate of drug-likeness (QED) is 0.650. The van der Waals surface area contributed by atoms with E-state index in [-0.39, 0.29) is 6.10 Å². The molecule has 3 atom stereocenters. The molecule has 13 heavy (non-hydrogen) atoms. The van der Waals surface area contributed by atoms with Crippen molar-refractivity contribution in [3.8, 4) is 0 Å². The lowest BCUT2D eigenvalue weighted by Gasteiger charge is -2.30. The molecule has 0 saturated heterocycles. The third-order valence-electron chi connectivity index (χ3n) is 3.05. The third kappa shape index (κ3) is 3.51. The molecular weight excluding hydrogens is 160 g/mol. The van der Waals surface area contributed by atoms with Crippen molar-refractivity contribution in [3.63, 3.8) is 0 Å². The highest BCUT2D eigenvalue weighted by Crippen LogP contribution is 2.31. The van der Waals surface area contributed by atoms with Gasteiger partial charge in [0.2, 0.25) is 0 Å². The monoisotopic (exact) mass is 182 g/mol. The summed E-state index contributed by atoms with van der Waals surface area (Å²) in [5, 5.41) is 9.82. The first-order chi connectivity index (χ1) is 6.09. The molecule has 3 unspecified atom stereocenters. The number of aliphatic hydroxyl groups excluding tert-OH is 1. The van der Waals surface area contributed by atoms with Crippen molar-refractivity contribution in [2.75, 3.05) is 0 Å². The van der Waals surface area contributed by atoms with Crippen molar-refractivity contribution in [1.82, 2.24) is 0 Å². The molecule has 1 heteroatoms. The van der Waals surface area contributed by atoms with Gasteiger partial charge in [0.25, 0.3) is 0 Å². The van der Waals surface area contributed by atoms with Gasteiger partial charge in [0.05, 0.1) is 6.10 Å². The second kappa shape index (κ2) is 4.80. The van der Waals surface area contributed by atoms with Gasteiger partial charge in [-0.2, -0.15) is 0 Å². The fourth-order valence-electron chi connectivity index (χ4n) is 2.08. The molecule has 1 nitrogen and oxygen atoms in total. The van der Waals surface area contributed by atoms with E-state index in [1.54, 1.807) is 0 Å². The van der Waals surface area contributed by atoms with Gasteiger partial charge >= 0.3 is 0 Å². The van der Waals surface area contributed by atoms with Gasteiger partial charge in [0.1, 0.15) is 0 Å². The van der Waals surface area contributed by atoms with Gasteiger partial charge in [0.15, 0.2) is 0 Å². The van der Waals surface area contributed by atoms with Gasteiger partial charge in [-0.25, -0.2) is 0 Å². The second-order valence-corrected chi connectivity index (χ2v) is 4.76. The third-order valence-corrected chi connectivity index (χ3v) is 3.05. The van der Waals surface area contributed by atoms with Gasteiger partial charge in [-0.1, -0.05) is 25.0 Å². The van der Waals surface area contributed by atoms with Crippen LogP contribution >= 0.6 is 0 Å². The topological polar surface area (TPSA) is 20.2 Å². The smallest absolute Gasteiger partial charge is 0.0573 e. The fraction of sp³-hybridized carbons (Fsp3) is 0.833. The molecule has 0 aromatic heterocycles. The first-order valence-electron chi connectivity index (χ1n) is 5.41. The number of hydrogen-bond donors (Lipinski definition) is 1. The van der Waals surface area contributed by atoms with Crippen LogP contribution in [0, 0.1) is 11.8 Å². The number of allylic oxidation sites excluding steroid dienone is 2. The number of aliphatic hydroxyl groups is 1. The largest absolute Gasteiger partial charge is 0.393 e. The summed E-state index contributed by atoms with van der Waals surface area (Å²) in [5.41, 5.74) is 1.37. The van der Waals surface area contributed by atoms with Crippen LogP contribution in [0.2, 0.25) is 0 Å². The number of rotatable bonds is 2. The van der Waals surface area contributed by atoms with E-state index < -0.39 is 0 Å². The predicted octanol–water partition coefficient (Wildman–Crippen LogP) is 3.14. The average Bonchev–Trinajstić information content (AvgIpc) is 2.02. The van der Waals surface area contributed by atoms with Crippen LogP contribution in [0.4, 0.5) is 0 Å². The van der Waals surface area contributed by atoms with Crippen molar-refractivity contribution in [2.24, 2.45) is 11.8 Å². The summed E-state index contributed by atoms with van der Waals surface area (Å²) in [6, 6.07) is 0. The summed E-state index contributed by atoms with van der Waals surface area (Å²) in [4.78, 5) is 0. The van der Waals surface area contributed by atoms with Crippen LogP contribution in [-0.4, -0.2) is 11.2 Å². The van der Waals surface area contributed by atoms with E-state index in [4.69, 9.17) is 0 Å². The Kier molecular flexibility index (Phi) is 3.98. The molecule has 0 spiro atoms. The van der Waals surface area contributed by atoms with Crippen LogP contribution in [0.3, 0.4) is 0 Å². The molecule has 0 radical (unpaired) electrons. The van der Waals surface area contributed by atoms with Gasteiger partial charge in [-0.15, -0.1) is 0 Å². The highest BCUT2D eigenvalue weighted by molar-refractivity contribution is 4.95. The Balaban J connectivity index is 2.38. The molecule has 0 heterocycles. The summed E-state index contributed by atoms with van der Waals surface area (Å²) < 4.78 is 0. The Bertz CT molecular complexity index is 180. The highest BCUT2D eigenvalue weighted by atomic mass is 16.3. The Hall–Kier alpha value is -0.300. The first-order valence-corrected chi connectivity index (χ1v) is 5.41. The molecule has 1 aliphatic carbocycles. The maximum Gasteiger partial charge on any atom is 0.0573 e. The molecular formula is C12H22O. The van der Waals surface area contributed by atoms with Crippen LogP contribution in [0.25, 0.3) is 0 Å². The standard InChI is InChI=1S/C12H22O/c1-9(2)4-6-11-7-5-10(3)8-12(11)13/h4,10-13H,5-8H2,1-3H3. The second-order valence-electron chi connectivity index (χ2n) is 4.76. The van der Waals surface area contributed by atoms with Gasteiger partial charge in [-0.3, -0.25) is 0 Å². The minimum Gasteiger partial charge on any atom is -0.393 e. The van der Waals surface area contributed by atoms with Gasteiger partial charge < -0.3 is 5.11 Å². The Labute approximate surface area is 81.9 Å². The normalized spacial score (nSPS) is 34.3. The minimum absolute atomic E-state index is 0.0562. The summed E-state index contributed by atoms with van der Waals surface area (Å²) in [6.07, 6.45) is 6.76. The van der Waals surface area contributed by atoms with Crippen molar-refractivity contribution >= 4 is 0 Å². The summed E-state index contributed by atoms with van der Waals surface area (Å²) in [5.74, 6) is 1.24. The Morgan fingerprint density at radius 1 is 1.38 bits per heavy atom. The molecule has 76 valence electrons. The predicted molar refractivity (Wildman–Crippen MR) is 56.6 cm³/mol. The lowest BCUT2D eigenvalue weighted by molar-refractivity contribution is 0.0502. The molecule has 1 aliphatic rings. The van der Waals surface area contributed by atoms with Crippen LogP contribution in [-0.2, 0) is 0 Å². The zero-order chi connectivity index (χ0) is 9.84. The van der Waals surface area contributed by atoms with Crippen molar-refractivity contribution in [1.29, 1.82) is 0 Å². The van der Waals surface area contributed by atoms with Crippen molar-refractivity contribution in [3.05, 3.63) is 11.6 Å². The van der Waals surface area contributed by atoms with Crippen LogP contribution in [0.15, 0.2) is 11.6 Å². The maximum atomic E-state index is 9.82. The molecule has 1 rings (SSSR count). The minimum atomic E-state index is -0.0562. The lowest BCUT2D eigenvalue weighted by atomic mass is 9.79. The molecule has 1 N–H and O–H groups in total. The molecule has 1 fully saturated rings. The SMILES string of the molecule is CC(C)=CCC1CCC(C)CC1O. The molecule has 0 bridgehead atoms. The molecule has 0 aliphatic heterocycles. The van der Waals surface area contributed by atoms with E-state index in [1.807, 2.05) is 0 Å². The first kappa shape index (κ1) is 10.8. The molecule has 0 aromatic rings.